The van der Waals surface area contributed by atoms with Crippen molar-refractivity contribution in [3.05, 3.63) is 0 Å². The van der Waals surface area contributed by atoms with Crippen LogP contribution in [0.5, 0.6) is 0 Å². The van der Waals surface area contributed by atoms with E-state index in [1.807, 2.05) is 0 Å². The molecule has 0 aromatic rings. The summed E-state index contributed by atoms with van der Waals surface area (Å²) in [6.07, 6.45) is -7.20. The van der Waals surface area contributed by atoms with Crippen LogP contribution in [0.4, 0.5) is 0 Å². The van der Waals surface area contributed by atoms with Gasteiger partial charge in [0.05, 0.1) is 0 Å². The average molecular weight is 632 g/mol. The number of hydrogen-bond donors (Lipinski definition) is 0. The van der Waals surface area contributed by atoms with Crippen molar-refractivity contribution in [2.75, 3.05) is 0 Å². The van der Waals surface area contributed by atoms with Gasteiger partial charge in [-0.2, -0.15) is 0 Å². The smallest absolute Gasteiger partial charge is 1.00 e. The molecule has 3 aliphatic rings. The Morgan fingerprint density at radius 3 is 1.36 bits per heavy atom. The first-order chi connectivity index (χ1) is 10.4. The Morgan fingerprint density at radius 2 is 1.08 bits per heavy atom. The Kier molecular flexibility index (Phi) is 12.9. The molecule has 128 valence electrons. The Hall–Kier alpha value is 2.59. The maximum atomic E-state index is 11.6. The van der Waals surface area contributed by atoms with E-state index in [-0.39, 0.29) is 108 Å². The number of hydrogen-bond acceptors (Lipinski definition) is 12. The van der Waals surface area contributed by atoms with Crippen molar-refractivity contribution >= 4 is 66.8 Å². The average Bonchev–Trinajstić information content (AvgIpc) is 2.95. The first kappa shape index (κ1) is 27.6. The molecule has 3 heterocycles. The van der Waals surface area contributed by atoms with Crippen molar-refractivity contribution in [3.63, 3.8) is 0 Å². The molecule has 2 N–H and O–H groups in total. The SMILES string of the molecule is O.O=C1[O][Sb]2[O][C@H]1[C@H](C(=O)[O-])[O][Sb]1[O]C(=O)[C@H]([O]1)[C@H](C(=O)[O-])[O]2.[K+].[K+]. The van der Waals surface area contributed by atoms with E-state index in [4.69, 9.17) is 18.1 Å². The summed E-state index contributed by atoms with van der Waals surface area (Å²) in [5.74, 6) is -5.76. The molecular weight excluding hydrogens is 626 g/mol. The zero-order valence-corrected chi connectivity index (χ0v) is 24.0. The largest absolute Gasteiger partial charge is 1.00 e. The summed E-state index contributed by atoms with van der Waals surface area (Å²) in [5, 5.41) is 22.1. The van der Waals surface area contributed by atoms with E-state index >= 15 is 0 Å². The molecule has 3 saturated heterocycles. The van der Waals surface area contributed by atoms with Gasteiger partial charge in [-0.15, -0.1) is 0 Å². The molecule has 0 unspecified atom stereocenters. The third kappa shape index (κ3) is 6.28. The van der Waals surface area contributed by atoms with E-state index in [1.54, 1.807) is 0 Å². The normalized spacial score (nSPS) is 31.5. The Morgan fingerprint density at radius 1 is 0.760 bits per heavy atom. The van der Waals surface area contributed by atoms with Gasteiger partial charge in [0.2, 0.25) is 0 Å². The van der Waals surface area contributed by atoms with Crippen LogP contribution in [0.2, 0.25) is 0 Å². The monoisotopic (exact) mass is 630 g/mol. The van der Waals surface area contributed by atoms with Crippen molar-refractivity contribution in [2.45, 2.75) is 24.4 Å². The van der Waals surface area contributed by atoms with Crippen molar-refractivity contribution in [2.24, 2.45) is 0 Å². The molecule has 13 nitrogen and oxygen atoms in total. The number of carbonyl (C=O) groups excluding carboxylic acids is 4. The molecule has 4 bridgehead atoms. The van der Waals surface area contributed by atoms with E-state index < -0.39 is 91.2 Å². The van der Waals surface area contributed by atoms with E-state index in [0.717, 1.165) is 0 Å². The van der Waals surface area contributed by atoms with Crippen LogP contribution >= 0.6 is 0 Å². The topological polar surface area (TPSA) is 201 Å². The maximum absolute atomic E-state index is 11.6. The maximum Gasteiger partial charge on any atom is 1.00 e. The van der Waals surface area contributed by atoms with Crippen molar-refractivity contribution in [3.8, 4) is 0 Å². The predicted molar refractivity (Wildman–Crippen MR) is 56.8 cm³/mol. The van der Waals surface area contributed by atoms with Gasteiger partial charge in [-0.3, -0.25) is 0 Å². The fourth-order valence-corrected chi connectivity index (χ4v) is 8.21. The minimum absolute atomic E-state index is 0. The Labute approximate surface area is 241 Å². The summed E-state index contributed by atoms with van der Waals surface area (Å²) in [6.45, 7) is 0. The minimum atomic E-state index is -3.86. The van der Waals surface area contributed by atoms with Crippen molar-refractivity contribution in [1.82, 2.24) is 0 Å². The molecule has 0 aromatic heterocycles. The molecule has 3 fully saturated rings. The van der Waals surface area contributed by atoms with Gasteiger partial charge < -0.3 is 5.48 Å². The molecule has 3 aliphatic heterocycles. The quantitative estimate of drug-likeness (QED) is 0.261. The molecule has 3 rings (SSSR count). The predicted octanol–water partition coefficient (Wildman–Crippen LogP) is -12.7. The fourth-order valence-electron chi connectivity index (χ4n) is 1.65. The number of fused-ring (bicyclic) bond motifs is 4. The van der Waals surface area contributed by atoms with Crippen molar-refractivity contribution < 1.29 is 156 Å². The van der Waals surface area contributed by atoms with E-state index in [0.29, 0.717) is 0 Å². The molecule has 0 radical (unpaired) electrons. The summed E-state index contributed by atoms with van der Waals surface area (Å²) in [6, 6.07) is 0. The molecule has 0 spiro atoms. The standard InChI is InChI=1S/2C4H4O6.2K.H2O.2Sb/c2*5-1(3(7)8)2(6)4(9)10;;;;;/h2*1-2H,(H,7,8)(H,9,10);;;1H2;;/q2*-2;2*+1;;2*+3/p-4/t1-,2+;1-,2-;;;;;/m.1...../s1. The van der Waals surface area contributed by atoms with Crippen LogP contribution in [-0.4, -0.2) is 96.7 Å². The number of carboxylic acids is 2. The molecule has 0 aromatic carbocycles. The van der Waals surface area contributed by atoms with Crippen LogP contribution in [-0.2, 0) is 37.3 Å². The van der Waals surface area contributed by atoms with Gasteiger partial charge in [0.1, 0.15) is 0 Å². The van der Waals surface area contributed by atoms with Gasteiger partial charge in [-0.1, -0.05) is 0 Å². The second-order valence-electron chi connectivity index (χ2n) is 4.01. The summed E-state index contributed by atoms with van der Waals surface area (Å²) in [5.41, 5.74) is 0. The summed E-state index contributed by atoms with van der Waals surface area (Å²) < 4.78 is 29.4. The molecule has 4 atom stereocenters. The zero-order chi connectivity index (χ0) is 16.0. The second-order valence-corrected chi connectivity index (χ2v) is 10.0. The first-order valence-electron chi connectivity index (χ1n) is 5.49. The number of rotatable bonds is 2. The van der Waals surface area contributed by atoms with E-state index in [1.165, 1.54) is 0 Å². The molecular formula is C8H6K2O13Sb2. The first-order valence-corrected chi connectivity index (χ1v) is 11.7. The van der Waals surface area contributed by atoms with Gasteiger partial charge in [-0.05, 0) is 0 Å². The van der Waals surface area contributed by atoms with E-state index in [2.05, 4.69) is 0 Å². The number of carbonyl (C=O) groups is 4. The second kappa shape index (κ2) is 11.7. The minimum Gasteiger partial charge on any atom is 1.00 e. The molecule has 25 heavy (non-hydrogen) atoms. The Balaban J connectivity index is 0.00000192. The van der Waals surface area contributed by atoms with Gasteiger partial charge >= 0.3 is 241 Å². The number of aliphatic carboxylic acids is 2. The third-order valence-electron chi connectivity index (χ3n) is 2.61. The van der Waals surface area contributed by atoms with Gasteiger partial charge in [0.15, 0.2) is 0 Å². The van der Waals surface area contributed by atoms with Gasteiger partial charge in [0.25, 0.3) is 0 Å². The fraction of sp³-hybridized carbons (Fsp3) is 0.500. The van der Waals surface area contributed by atoms with Crippen molar-refractivity contribution in [1.29, 1.82) is 0 Å². The molecule has 0 amide bonds. The zero-order valence-electron chi connectivity index (χ0n) is 12.6. The molecule has 0 saturated carbocycles. The Bertz CT molecular complexity index is 512. The number of carboxylic acid groups (broad SMARTS) is 2. The van der Waals surface area contributed by atoms with Crippen LogP contribution in [0.3, 0.4) is 0 Å². The molecule has 0 aliphatic carbocycles. The molecule has 17 heteroatoms. The van der Waals surface area contributed by atoms with Gasteiger partial charge in [-0.25, -0.2) is 0 Å². The summed E-state index contributed by atoms with van der Waals surface area (Å²) in [4.78, 5) is 45.3. The van der Waals surface area contributed by atoms with Crippen LogP contribution in [0.25, 0.3) is 0 Å². The van der Waals surface area contributed by atoms with Crippen LogP contribution in [0, 0.1) is 0 Å². The van der Waals surface area contributed by atoms with Crippen LogP contribution in [0.15, 0.2) is 0 Å². The third-order valence-corrected chi connectivity index (χ3v) is 9.04. The van der Waals surface area contributed by atoms with Crippen LogP contribution in [0.1, 0.15) is 0 Å². The van der Waals surface area contributed by atoms with E-state index in [9.17, 15) is 29.4 Å². The summed E-state index contributed by atoms with van der Waals surface area (Å²) >= 11 is -7.72. The van der Waals surface area contributed by atoms with Gasteiger partial charge in [0, 0.05) is 0 Å². The summed E-state index contributed by atoms with van der Waals surface area (Å²) in [7, 11) is 0. The van der Waals surface area contributed by atoms with Crippen LogP contribution < -0.4 is 113 Å².